The highest BCUT2D eigenvalue weighted by molar-refractivity contribution is 7.89. The molecule has 0 atom stereocenters. The van der Waals surface area contributed by atoms with E-state index in [1.165, 1.54) is 22.5 Å². The number of esters is 1. The predicted molar refractivity (Wildman–Crippen MR) is 99.7 cm³/mol. The second-order valence-corrected chi connectivity index (χ2v) is 8.78. The van der Waals surface area contributed by atoms with Crippen LogP contribution in [0.4, 0.5) is 4.39 Å². The van der Waals surface area contributed by atoms with Crippen LogP contribution in [0.1, 0.15) is 18.4 Å². The zero-order valence-corrected chi connectivity index (χ0v) is 16.3. The van der Waals surface area contributed by atoms with Gasteiger partial charge in [0.15, 0.2) is 0 Å². The number of piperidine rings is 1. The summed E-state index contributed by atoms with van der Waals surface area (Å²) in [5.74, 6) is -1.15. The Morgan fingerprint density at radius 1 is 1.19 bits per heavy atom. The van der Waals surface area contributed by atoms with Gasteiger partial charge in [-0.15, -0.1) is 0 Å². The number of ether oxygens (including phenoxy) is 1. The first-order valence-electron chi connectivity index (χ1n) is 8.51. The van der Waals surface area contributed by atoms with Crippen molar-refractivity contribution in [2.75, 3.05) is 13.1 Å². The topological polar surface area (TPSA) is 63.7 Å². The van der Waals surface area contributed by atoms with E-state index in [9.17, 15) is 17.6 Å². The fourth-order valence-electron chi connectivity index (χ4n) is 3.04. The van der Waals surface area contributed by atoms with Crippen LogP contribution in [0.5, 0.6) is 5.75 Å². The summed E-state index contributed by atoms with van der Waals surface area (Å²) >= 11 is 5.89. The molecule has 5 nitrogen and oxygen atoms in total. The van der Waals surface area contributed by atoms with Gasteiger partial charge in [-0.1, -0.05) is 23.7 Å². The summed E-state index contributed by atoms with van der Waals surface area (Å²) in [6, 6.07) is 10.3. The van der Waals surface area contributed by atoms with Crippen molar-refractivity contribution in [1.29, 1.82) is 0 Å². The summed E-state index contributed by atoms with van der Waals surface area (Å²) in [6.07, 6.45) is 0.637. The average Bonchev–Trinajstić information content (AvgIpc) is 2.64. The Balaban J connectivity index is 1.65. The molecule has 0 N–H and O–H groups in total. The molecule has 0 unspecified atom stereocenters. The SMILES string of the molecule is Cc1cc(Cl)ccc1OC(=O)C1CCN(S(=O)(=O)c2ccccc2F)CC1. The standard InChI is InChI=1S/C19H19ClFNO4S/c1-13-12-15(20)6-7-17(13)26-19(23)14-8-10-22(11-9-14)27(24,25)18-5-3-2-4-16(18)21/h2-7,12,14H,8-11H2,1H3. The first-order chi connectivity index (χ1) is 12.8. The lowest BCUT2D eigenvalue weighted by Gasteiger charge is -2.30. The number of benzene rings is 2. The number of carbonyl (C=O) groups is 1. The molecular formula is C19H19ClFNO4S. The molecule has 1 aliphatic rings. The van der Waals surface area contributed by atoms with Gasteiger partial charge in [-0.3, -0.25) is 4.79 Å². The van der Waals surface area contributed by atoms with E-state index in [-0.39, 0.29) is 18.0 Å². The monoisotopic (exact) mass is 411 g/mol. The molecule has 144 valence electrons. The highest BCUT2D eigenvalue weighted by Crippen LogP contribution is 2.28. The first-order valence-corrected chi connectivity index (χ1v) is 10.3. The van der Waals surface area contributed by atoms with Crippen LogP contribution in [0.15, 0.2) is 47.4 Å². The molecule has 0 saturated carbocycles. The normalized spacial score (nSPS) is 16.3. The Morgan fingerprint density at radius 3 is 2.48 bits per heavy atom. The molecule has 0 radical (unpaired) electrons. The smallest absolute Gasteiger partial charge is 0.314 e. The second-order valence-electron chi connectivity index (χ2n) is 6.44. The van der Waals surface area contributed by atoms with Gasteiger partial charge in [-0.2, -0.15) is 4.31 Å². The van der Waals surface area contributed by atoms with Crippen molar-refractivity contribution in [1.82, 2.24) is 4.31 Å². The van der Waals surface area contributed by atoms with Crippen LogP contribution >= 0.6 is 11.6 Å². The van der Waals surface area contributed by atoms with Crippen molar-refractivity contribution in [3.8, 4) is 5.75 Å². The number of rotatable bonds is 4. The number of halogens is 2. The summed E-state index contributed by atoms with van der Waals surface area (Å²) in [5.41, 5.74) is 0.746. The largest absolute Gasteiger partial charge is 0.426 e. The number of nitrogens with zero attached hydrogens (tertiary/aromatic N) is 1. The molecule has 3 rings (SSSR count). The van der Waals surface area contributed by atoms with Gasteiger partial charge in [0.25, 0.3) is 0 Å². The van der Waals surface area contributed by atoms with E-state index in [0.29, 0.717) is 23.6 Å². The zero-order valence-electron chi connectivity index (χ0n) is 14.7. The van der Waals surface area contributed by atoms with Crippen LogP contribution < -0.4 is 4.74 Å². The predicted octanol–water partition coefficient (Wildman–Crippen LogP) is 3.79. The van der Waals surface area contributed by atoms with Gasteiger partial charge < -0.3 is 4.74 Å². The number of carbonyl (C=O) groups excluding carboxylic acids is 1. The van der Waals surface area contributed by atoms with E-state index in [2.05, 4.69) is 0 Å². The maximum Gasteiger partial charge on any atom is 0.314 e. The Bertz CT molecular complexity index is 956. The molecule has 1 saturated heterocycles. The summed E-state index contributed by atoms with van der Waals surface area (Å²) < 4.78 is 45.7. The summed E-state index contributed by atoms with van der Waals surface area (Å²) in [5, 5.41) is 0.555. The van der Waals surface area contributed by atoms with E-state index < -0.39 is 27.7 Å². The first kappa shape index (κ1) is 19.8. The summed E-state index contributed by atoms with van der Waals surface area (Å²) in [6.45, 7) is 2.06. The number of sulfonamides is 1. The number of aryl methyl sites for hydroxylation is 1. The number of hydrogen-bond donors (Lipinski definition) is 0. The minimum absolute atomic E-state index is 0.135. The van der Waals surface area contributed by atoms with Gasteiger partial charge in [0.05, 0.1) is 5.92 Å². The summed E-state index contributed by atoms with van der Waals surface area (Å²) in [4.78, 5) is 12.1. The lowest BCUT2D eigenvalue weighted by atomic mass is 9.98. The lowest BCUT2D eigenvalue weighted by molar-refractivity contribution is -0.140. The lowest BCUT2D eigenvalue weighted by Crippen LogP contribution is -2.41. The van der Waals surface area contributed by atoms with Crippen molar-refractivity contribution in [2.45, 2.75) is 24.7 Å². The molecule has 1 aliphatic heterocycles. The molecule has 0 aliphatic carbocycles. The van der Waals surface area contributed by atoms with Crippen LogP contribution in [0.2, 0.25) is 5.02 Å². The number of hydrogen-bond acceptors (Lipinski definition) is 4. The fourth-order valence-corrected chi connectivity index (χ4v) is 4.81. The van der Waals surface area contributed by atoms with Gasteiger partial charge in [-0.25, -0.2) is 12.8 Å². The third-order valence-corrected chi connectivity index (χ3v) is 6.76. The van der Waals surface area contributed by atoms with E-state index in [1.807, 2.05) is 0 Å². The molecule has 2 aromatic rings. The quantitative estimate of drug-likeness (QED) is 0.567. The second kappa shape index (κ2) is 7.96. The zero-order chi connectivity index (χ0) is 19.6. The average molecular weight is 412 g/mol. The van der Waals surface area contributed by atoms with E-state index in [1.54, 1.807) is 25.1 Å². The third kappa shape index (κ3) is 4.31. The molecule has 0 amide bonds. The minimum Gasteiger partial charge on any atom is -0.426 e. The molecule has 1 fully saturated rings. The molecule has 27 heavy (non-hydrogen) atoms. The van der Waals surface area contributed by atoms with Crippen molar-refractivity contribution in [2.24, 2.45) is 5.92 Å². The van der Waals surface area contributed by atoms with Gasteiger partial charge in [0.2, 0.25) is 10.0 Å². The maximum atomic E-state index is 13.9. The molecule has 0 aromatic heterocycles. The highest BCUT2D eigenvalue weighted by Gasteiger charge is 2.34. The van der Waals surface area contributed by atoms with Crippen LogP contribution in [-0.2, 0) is 14.8 Å². The van der Waals surface area contributed by atoms with Gasteiger partial charge in [0.1, 0.15) is 16.5 Å². The van der Waals surface area contributed by atoms with Crippen molar-refractivity contribution in [3.63, 3.8) is 0 Å². The van der Waals surface area contributed by atoms with Crippen LogP contribution in [0.3, 0.4) is 0 Å². The van der Waals surface area contributed by atoms with E-state index in [0.717, 1.165) is 11.6 Å². The Morgan fingerprint density at radius 2 is 1.85 bits per heavy atom. The van der Waals surface area contributed by atoms with Crippen molar-refractivity contribution >= 4 is 27.6 Å². The van der Waals surface area contributed by atoms with E-state index >= 15 is 0 Å². The van der Waals surface area contributed by atoms with E-state index in [4.69, 9.17) is 16.3 Å². The van der Waals surface area contributed by atoms with Crippen LogP contribution in [0, 0.1) is 18.7 Å². The molecular weight excluding hydrogens is 393 g/mol. The maximum absolute atomic E-state index is 13.9. The van der Waals surface area contributed by atoms with Crippen molar-refractivity contribution < 1.29 is 22.3 Å². The Hall–Kier alpha value is -1.96. The highest BCUT2D eigenvalue weighted by atomic mass is 35.5. The summed E-state index contributed by atoms with van der Waals surface area (Å²) in [7, 11) is -3.92. The Kier molecular flexibility index (Phi) is 5.83. The molecule has 8 heteroatoms. The molecule has 2 aromatic carbocycles. The molecule has 0 spiro atoms. The van der Waals surface area contributed by atoms with Crippen molar-refractivity contribution in [3.05, 3.63) is 58.9 Å². The minimum atomic E-state index is -3.92. The third-order valence-electron chi connectivity index (χ3n) is 4.59. The molecule has 0 bridgehead atoms. The molecule has 1 heterocycles. The van der Waals surface area contributed by atoms with Crippen LogP contribution in [0.25, 0.3) is 0 Å². The van der Waals surface area contributed by atoms with Gasteiger partial charge in [0, 0.05) is 18.1 Å². The fraction of sp³-hybridized carbons (Fsp3) is 0.316. The van der Waals surface area contributed by atoms with Gasteiger partial charge >= 0.3 is 5.97 Å². The van der Waals surface area contributed by atoms with Crippen LogP contribution in [-0.4, -0.2) is 31.8 Å². The van der Waals surface area contributed by atoms with Gasteiger partial charge in [-0.05, 0) is 55.7 Å². The Labute approximate surface area is 162 Å².